The molecule has 0 saturated carbocycles. The van der Waals surface area contributed by atoms with Crippen LogP contribution in [0.5, 0.6) is 5.75 Å². The molecule has 5 aliphatic rings. The highest BCUT2D eigenvalue weighted by molar-refractivity contribution is 6.28. The van der Waals surface area contributed by atoms with Gasteiger partial charge in [-0.3, -0.25) is 24.0 Å². The molecule has 2 heterocycles. The lowest BCUT2D eigenvalue weighted by Gasteiger charge is -2.42. The molecular formula is C41H54N2O16. The van der Waals surface area contributed by atoms with Gasteiger partial charge in [-0.15, -0.1) is 11.0 Å². The number of unbranched alkanes of at least 4 members (excludes halogenated alkanes) is 3. The molecule has 2 fully saturated rings. The highest BCUT2D eigenvalue weighted by Gasteiger charge is 2.46. The average molecular weight is 831 g/mol. The minimum Gasteiger partial charge on any atom is -0.496 e. The fourth-order valence-electron chi connectivity index (χ4n) is 8.43. The topological polar surface area (TPSA) is 266 Å². The molecule has 3 aliphatic carbocycles. The highest BCUT2D eigenvalue weighted by atomic mass is 16.7. The van der Waals surface area contributed by atoms with Crippen LogP contribution in [0.3, 0.4) is 0 Å². The summed E-state index contributed by atoms with van der Waals surface area (Å²) in [7, 11) is 1.45. The van der Waals surface area contributed by atoms with Gasteiger partial charge in [0.1, 0.15) is 35.9 Å². The Labute approximate surface area is 340 Å². The van der Waals surface area contributed by atoms with Crippen molar-refractivity contribution in [1.82, 2.24) is 11.0 Å². The van der Waals surface area contributed by atoms with E-state index < -0.39 is 79.8 Å². The molecule has 0 radical (unpaired) electrons. The molecule has 6 rings (SSSR count). The molecule has 0 amide bonds. The second-order valence-corrected chi connectivity index (χ2v) is 15.8. The zero-order chi connectivity index (χ0) is 42.5. The van der Waals surface area contributed by atoms with E-state index in [2.05, 4.69) is 11.0 Å². The Balaban J connectivity index is 0.957. The number of fused-ring (bicyclic) bond motifs is 1. The van der Waals surface area contributed by atoms with E-state index >= 15 is 0 Å². The summed E-state index contributed by atoms with van der Waals surface area (Å²) in [6, 6.07) is 2.88. The number of aliphatic hydroxyl groups is 5. The maximum atomic E-state index is 13.9. The molecule has 324 valence electrons. The van der Waals surface area contributed by atoms with E-state index in [0.717, 1.165) is 11.1 Å². The first-order valence-corrected chi connectivity index (χ1v) is 20.1. The molecule has 18 nitrogen and oxygen atoms in total. The van der Waals surface area contributed by atoms with Crippen LogP contribution in [-0.4, -0.2) is 130 Å². The second-order valence-electron chi connectivity index (χ2n) is 15.8. The first-order chi connectivity index (χ1) is 28.2. The van der Waals surface area contributed by atoms with Crippen LogP contribution in [-0.2, 0) is 38.3 Å². The Bertz CT molecular complexity index is 1830. The first kappa shape index (κ1) is 44.6. The Morgan fingerprint density at radius 3 is 2.19 bits per heavy atom. The van der Waals surface area contributed by atoms with Gasteiger partial charge >= 0.3 is 11.9 Å². The van der Waals surface area contributed by atoms with Crippen molar-refractivity contribution in [3.63, 3.8) is 0 Å². The third-order valence-electron chi connectivity index (χ3n) is 11.9. The Kier molecular flexibility index (Phi) is 14.8. The van der Waals surface area contributed by atoms with Crippen LogP contribution in [0.4, 0.5) is 0 Å². The fourth-order valence-corrected chi connectivity index (χ4v) is 8.43. The molecule has 2 unspecified atom stereocenters. The van der Waals surface area contributed by atoms with Crippen LogP contribution in [0.15, 0.2) is 40.5 Å². The maximum absolute atomic E-state index is 13.9. The smallest absolute Gasteiger partial charge is 0.324 e. The Morgan fingerprint density at radius 2 is 1.53 bits per heavy atom. The largest absolute Gasteiger partial charge is 0.496 e. The summed E-state index contributed by atoms with van der Waals surface area (Å²) < 4.78 is 23.0. The first-order valence-electron chi connectivity index (χ1n) is 20.1. The van der Waals surface area contributed by atoms with E-state index in [9.17, 15) is 44.4 Å². The molecule has 2 aliphatic heterocycles. The number of aliphatic hydroxyl groups excluding tert-OH is 5. The molecule has 59 heavy (non-hydrogen) atoms. The SMILES string of the molecule is COc1cccc2c1C(=O)C1=C(CC3=C(C1)C(O[C@H]1C[C@H](NOC(=O)CCCCCCC(=O)ON[C@@H]4[C@@H](O)[C@@H](O)[C@@H](CO)O[C@@H]4O)[C@H](O)[C@@H](C)O1)CC(C(C)=O)C3)C2=O. The summed E-state index contributed by atoms with van der Waals surface area (Å²) in [5.74, 6) is -1.79. The Morgan fingerprint density at radius 1 is 0.847 bits per heavy atom. The predicted molar refractivity (Wildman–Crippen MR) is 202 cm³/mol. The number of Topliss-reactive ketones (excluding diaryl/α,β-unsaturated/α-hetero) is 3. The van der Waals surface area contributed by atoms with Gasteiger partial charge in [0.2, 0.25) is 0 Å². The lowest BCUT2D eigenvalue weighted by atomic mass is 9.69. The van der Waals surface area contributed by atoms with Crippen molar-refractivity contribution in [3.8, 4) is 5.75 Å². The van der Waals surface area contributed by atoms with Gasteiger partial charge in [0.25, 0.3) is 0 Å². The zero-order valence-electron chi connectivity index (χ0n) is 33.3. The summed E-state index contributed by atoms with van der Waals surface area (Å²) in [6.07, 6.45) is -5.73. The summed E-state index contributed by atoms with van der Waals surface area (Å²) in [5.41, 5.74) is 7.97. The predicted octanol–water partition coefficient (Wildman–Crippen LogP) is 0.946. The number of hydroxylamine groups is 2. The fraction of sp³-hybridized carbons (Fsp3) is 0.634. The van der Waals surface area contributed by atoms with Crippen LogP contribution in [0, 0.1) is 5.92 Å². The number of hydrogen-bond donors (Lipinski definition) is 7. The van der Waals surface area contributed by atoms with Gasteiger partial charge in [0.05, 0.1) is 43.6 Å². The normalized spacial score (nSPS) is 31.9. The minimum atomic E-state index is -1.63. The number of benzene rings is 1. The number of rotatable bonds is 16. The van der Waals surface area contributed by atoms with Gasteiger partial charge in [-0.05, 0) is 57.6 Å². The standard InChI is InChI=1S/C41H54N2O16/c1-19(45)21-13-22-14-25-26(38(50)34-23(37(25)49)9-8-10-28(34)54-3)16-24(22)29(15-21)56-33-17-27(36(48)20(2)55-33)42-58-31(46)11-6-4-5-7-12-32(47)59-43-35-40(52)39(51)30(18-44)57-41(35)53/h8-10,20-21,27,29-30,33,35-36,39-44,48,51-53H,4-7,11-18H2,1-3H3/t20-,21?,27+,29?,30-,33+,35-,36-,39+,40-,41+/m1/s1. The number of allylic oxidation sites excluding steroid dienone is 3. The quantitative estimate of drug-likeness (QED) is 0.0694. The molecule has 1 aromatic carbocycles. The third-order valence-corrected chi connectivity index (χ3v) is 11.9. The van der Waals surface area contributed by atoms with Crippen molar-refractivity contribution >= 4 is 29.3 Å². The van der Waals surface area contributed by atoms with Gasteiger partial charge in [-0.2, -0.15) is 0 Å². The number of ketones is 3. The van der Waals surface area contributed by atoms with Crippen molar-refractivity contribution in [2.24, 2.45) is 5.92 Å². The molecule has 2 saturated heterocycles. The summed E-state index contributed by atoms with van der Waals surface area (Å²) in [5, 5.41) is 50.1. The molecule has 0 bridgehead atoms. The van der Waals surface area contributed by atoms with Crippen molar-refractivity contribution in [2.45, 2.75) is 146 Å². The number of hydrogen-bond acceptors (Lipinski definition) is 18. The number of nitrogens with one attached hydrogen (secondary N) is 2. The number of carbonyl (C=O) groups is 5. The molecule has 0 aromatic heterocycles. The highest BCUT2D eigenvalue weighted by Crippen LogP contribution is 2.47. The Hall–Kier alpha value is -3.95. The van der Waals surface area contributed by atoms with Crippen LogP contribution >= 0.6 is 0 Å². The van der Waals surface area contributed by atoms with Gasteiger partial charge in [0, 0.05) is 48.3 Å². The molecule has 18 heteroatoms. The van der Waals surface area contributed by atoms with E-state index in [-0.39, 0.29) is 60.9 Å². The summed E-state index contributed by atoms with van der Waals surface area (Å²) in [6.45, 7) is 2.56. The molecule has 1 aromatic rings. The molecule has 7 N–H and O–H groups in total. The number of carbonyl (C=O) groups excluding carboxylic acids is 5. The number of ether oxygens (including phenoxy) is 4. The van der Waals surface area contributed by atoms with Crippen LogP contribution < -0.4 is 15.7 Å². The van der Waals surface area contributed by atoms with E-state index in [4.69, 9.17) is 33.7 Å². The van der Waals surface area contributed by atoms with E-state index in [1.54, 1.807) is 25.1 Å². The van der Waals surface area contributed by atoms with Crippen molar-refractivity contribution in [1.29, 1.82) is 0 Å². The van der Waals surface area contributed by atoms with Crippen molar-refractivity contribution in [2.75, 3.05) is 13.7 Å². The summed E-state index contributed by atoms with van der Waals surface area (Å²) >= 11 is 0. The van der Waals surface area contributed by atoms with Crippen molar-refractivity contribution < 1.29 is 78.1 Å². The van der Waals surface area contributed by atoms with Gasteiger partial charge in [0.15, 0.2) is 24.1 Å². The van der Waals surface area contributed by atoms with E-state index in [1.807, 2.05) is 0 Å². The third kappa shape index (κ3) is 9.99. The lowest BCUT2D eigenvalue weighted by Crippen LogP contribution is -2.63. The van der Waals surface area contributed by atoms with E-state index in [0.29, 0.717) is 61.0 Å². The molecule has 11 atom stereocenters. The van der Waals surface area contributed by atoms with Crippen LogP contribution in [0.25, 0.3) is 0 Å². The monoisotopic (exact) mass is 830 g/mol. The lowest BCUT2D eigenvalue weighted by molar-refractivity contribution is -0.267. The zero-order valence-corrected chi connectivity index (χ0v) is 33.3. The molecular weight excluding hydrogens is 776 g/mol. The van der Waals surface area contributed by atoms with Crippen LogP contribution in [0.2, 0.25) is 0 Å². The average Bonchev–Trinajstić information content (AvgIpc) is 3.22. The second kappa shape index (κ2) is 19.6. The van der Waals surface area contributed by atoms with Gasteiger partial charge < -0.3 is 54.2 Å². The van der Waals surface area contributed by atoms with Crippen LogP contribution in [0.1, 0.15) is 105 Å². The van der Waals surface area contributed by atoms with Crippen molar-refractivity contribution in [3.05, 3.63) is 51.6 Å². The van der Waals surface area contributed by atoms with Gasteiger partial charge in [-0.25, -0.2) is 0 Å². The molecule has 0 spiro atoms. The summed E-state index contributed by atoms with van der Waals surface area (Å²) in [4.78, 5) is 75.2. The van der Waals surface area contributed by atoms with Gasteiger partial charge in [-0.1, -0.05) is 30.5 Å². The minimum absolute atomic E-state index is 0.00103. The number of methoxy groups -OCH3 is 1. The maximum Gasteiger partial charge on any atom is 0.324 e. The van der Waals surface area contributed by atoms with E-state index in [1.165, 1.54) is 14.0 Å².